The molecule has 1 aromatic carbocycles. The standard InChI is InChI=1S/C14H19N5O2/c1-14(2,3)16-8-13-15-10-17-18(13)9-11-5-4-6-12(7-11)19(20)21/h4-7,10,16H,8-9H2,1-3H3. The van der Waals surface area contributed by atoms with E-state index in [1.807, 2.05) is 6.07 Å². The van der Waals surface area contributed by atoms with Crippen LogP contribution in [-0.2, 0) is 13.1 Å². The second-order valence-electron chi connectivity index (χ2n) is 5.86. The molecule has 1 heterocycles. The van der Waals surface area contributed by atoms with Gasteiger partial charge < -0.3 is 5.32 Å². The van der Waals surface area contributed by atoms with E-state index in [0.717, 1.165) is 11.4 Å². The number of nitrogens with one attached hydrogen (secondary N) is 1. The Morgan fingerprint density at radius 1 is 1.38 bits per heavy atom. The topological polar surface area (TPSA) is 85.9 Å². The second kappa shape index (κ2) is 6.01. The summed E-state index contributed by atoms with van der Waals surface area (Å²) >= 11 is 0. The molecule has 0 spiro atoms. The van der Waals surface area contributed by atoms with Crippen LogP contribution in [-0.4, -0.2) is 25.2 Å². The lowest BCUT2D eigenvalue weighted by Gasteiger charge is -2.20. The van der Waals surface area contributed by atoms with Crippen molar-refractivity contribution < 1.29 is 4.92 Å². The molecule has 0 atom stereocenters. The quantitative estimate of drug-likeness (QED) is 0.673. The van der Waals surface area contributed by atoms with Crippen molar-refractivity contribution in [3.05, 3.63) is 52.1 Å². The number of hydrogen-bond donors (Lipinski definition) is 1. The Balaban J connectivity index is 2.12. The molecule has 0 saturated heterocycles. The predicted molar refractivity (Wildman–Crippen MR) is 78.8 cm³/mol. The minimum absolute atomic E-state index is 0.0116. The summed E-state index contributed by atoms with van der Waals surface area (Å²) in [7, 11) is 0. The van der Waals surface area contributed by atoms with Crippen LogP contribution in [0.4, 0.5) is 5.69 Å². The van der Waals surface area contributed by atoms with Crippen molar-refractivity contribution in [2.75, 3.05) is 0 Å². The third kappa shape index (κ3) is 4.35. The molecule has 1 N–H and O–H groups in total. The van der Waals surface area contributed by atoms with Gasteiger partial charge in [-0.3, -0.25) is 10.1 Å². The third-order valence-electron chi connectivity index (χ3n) is 2.93. The number of benzene rings is 1. The first-order chi connectivity index (χ1) is 9.85. The van der Waals surface area contributed by atoms with Gasteiger partial charge in [0.25, 0.3) is 5.69 Å². The summed E-state index contributed by atoms with van der Waals surface area (Å²) in [6, 6.07) is 6.56. The van der Waals surface area contributed by atoms with Gasteiger partial charge in [-0.05, 0) is 26.3 Å². The molecular weight excluding hydrogens is 270 g/mol. The van der Waals surface area contributed by atoms with Crippen molar-refractivity contribution >= 4 is 5.69 Å². The van der Waals surface area contributed by atoms with Crippen molar-refractivity contribution in [3.63, 3.8) is 0 Å². The zero-order valence-electron chi connectivity index (χ0n) is 12.4. The second-order valence-corrected chi connectivity index (χ2v) is 5.86. The van der Waals surface area contributed by atoms with Crippen LogP contribution >= 0.6 is 0 Å². The van der Waals surface area contributed by atoms with Gasteiger partial charge in [0.2, 0.25) is 0 Å². The molecule has 7 nitrogen and oxygen atoms in total. The van der Waals surface area contributed by atoms with Crippen LogP contribution in [0.5, 0.6) is 0 Å². The molecule has 112 valence electrons. The first-order valence-corrected chi connectivity index (χ1v) is 6.70. The van der Waals surface area contributed by atoms with Crippen molar-refractivity contribution in [2.45, 2.75) is 39.4 Å². The number of nitro benzene ring substituents is 1. The Morgan fingerprint density at radius 3 is 2.81 bits per heavy atom. The maximum atomic E-state index is 10.8. The van der Waals surface area contributed by atoms with Crippen LogP contribution in [0.25, 0.3) is 0 Å². The molecule has 1 aromatic heterocycles. The van der Waals surface area contributed by atoms with Crippen LogP contribution in [0.2, 0.25) is 0 Å². The summed E-state index contributed by atoms with van der Waals surface area (Å²) in [6.45, 7) is 7.29. The number of nitro groups is 1. The van der Waals surface area contributed by atoms with E-state index >= 15 is 0 Å². The van der Waals surface area contributed by atoms with Crippen molar-refractivity contribution in [3.8, 4) is 0 Å². The highest BCUT2D eigenvalue weighted by atomic mass is 16.6. The van der Waals surface area contributed by atoms with Crippen molar-refractivity contribution in [1.82, 2.24) is 20.1 Å². The van der Waals surface area contributed by atoms with Gasteiger partial charge in [0.15, 0.2) is 0 Å². The fraction of sp³-hybridized carbons (Fsp3) is 0.429. The molecule has 0 aliphatic carbocycles. The zero-order chi connectivity index (χ0) is 15.5. The summed E-state index contributed by atoms with van der Waals surface area (Å²) in [6.07, 6.45) is 1.50. The highest BCUT2D eigenvalue weighted by molar-refractivity contribution is 5.34. The fourth-order valence-electron chi connectivity index (χ4n) is 1.84. The summed E-state index contributed by atoms with van der Waals surface area (Å²) < 4.78 is 1.75. The lowest BCUT2D eigenvalue weighted by Crippen LogP contribution is -2.36. The summed E-state index contributed by atoms with van der Waals surface area (Å²) in [5, 5.41) is 18.3. The number of rotatable bonds is 5. The number of non-ortho nitro benzene ring substituents is 1. The van der Waals surface area contributed by atoms with E-state index < -0.39 is 4.92 Å². The molecule has 0 radical (unpaired) electrons. The maximum absolute atomic E-state index is 10.8. The van der Waals surface area contributed by atoms with E-state index in [1.54, 1.807) is 16.8 Å². The number of aromatic nitrogens is 3. The van der Waals surface area contributed by atoms with Crippen LogP contribution < -0.4 is 5.32 Å². The highest BCUT2D eigenvalue weighted by Crippen LogP contribution is 2.14. The highest BCUT2D eigenvalue weighted by Gasteiger charge is 2.12. The van der Waals surface area contributed by atoms with Gasteiger partial charge in [0.05, 0.1) is 18.0 Å². The van der Waals surface area contributed by atoms with Crippen LogP contribution in [0.1, 0.15) is 32.2 Å². The van der Waals surface area contributed by atoms with Crippen molar-refractivity contribution in [1.29, 1.82) is 0 Å². The lowest BCUT2D eigenvalue weighted by molar-refractivity contribution is -0.384. The van der Waals surface area contributed by atoms with Gasteiger partial charge in [-0.1, -0.05) is 12.1 Å². The first kappa shape index (κ1) is 15.1. The van der Waals surface area contributed by atoms with Gasteiger partial charge in [0, 0.05) is 17.7 Å². The summed E-state index contributed by atoms with van der Waals surface area (Å²) in [4.78, 5) is 14.6. The van der Waals surface area contributed by atoms with E-state index in [1.165, 1.54) is 12.4 Å². The van der Waals surface area contributed by atoms with Crippen LogP contribution in [0.15, 0.2) is 30.6 Å². The van der Waals surface area contributed by atoms with Crippen LogP contribution in [0.3, 0.4) is 0 Å². The average molecular weight is 289 g/mol. The Morgan fingerprint density at radius 2 is 2.14 bits per heavy atom. The molecule has 0 unspecified atom stereocenters. The predicted octanol–water partition coefficient (Wildman–Crippen LogP) is 2.12. The van der Waals surface area contributed by atoms with E-state index in [2.05, 4.69) is 36.2 Å². The van der Waals surface area contributed by atoms with E-state index in [9.17, 15) is 10.1 Å². The van der Waals surface area contributed by atoms with Crippen LogP contribution in [0, 0.1) is 10.1 Å². The molecule has 0 bridgehead atoms. The Kier molecular flexibility index (Phi) is 4.32. The molecule has 0 aliphatic heterocycles. The van der Waals surface area contributed by atoms with E-state index in [4.69, 9.17) is 0 Å². The largest absolute Gasteiger partial charge is 0.305 e. The molecule has 0 saturated carbocycles. The maximum Gasteiger partial charge on any atom is 0.269 e. The van der Waals surface area contributed by atoms with E-state index in [-0.39, 0.29) is 11.2 Å². The smallest absolute Gasteiger partial charge is 0.269 e. The Bertz CT molecular complexity index is 630. The zero-order valence-corrected chi connectivity index (χ0v) is 12.4. The fourth-order valence-corrected chi connectivity index (χ4v) is 1.84. The Hall–Kier alpha value is -2.28. The van der Waals surface area contributed by atoms with Gasteiger partial charge >= 0.3 is 0 Å². The normalized spacial score (nSPS) is 11.6. The molecule has 0 amide bonds. The monoisotopic (exact) mass is 289 g/mol. The Labute approximate surface area is 123 Å². The number of hydrogen-bond acceptors (Lipinski definition) is 5. The summed E-state index contributed by atoms with van der Waals surface area (Å²) in [5.41, 5.74) is 0.899. The molecular formula is C14H19N5O2. The van der Waals surface area contributed by atoms with Gasteiger partial charge in [-0.15, -0.1) is 0 Å². The lowest BCUT2D eigenvalue weighted by atomic mass is 10.1. The molecule has 7 heteroatoms. The molecule has 0 fully saturated rings. The van der Waals surface area contributed by atoms with Gasteiger partial charge in [-0.25, -0.2) is 9.67 Å². The molecule has 2 aromatic rings. The first-order valence-electron chi connectivity index (χ1n) is 6.70. The van der Waals surface area contributed by atoms with Gasteiger partial charge in [0.1, 0.15) is 12.2 Å². The minimum atomic E-state index is -0.396. The van der Waals surface area contributed by atoms with E-state index in [0.29, 0.717) is 13.1 Å². The minimum Gasteiger partial charge on any atom is -0.305 e. The summed E-state index contributed by atoms with van der Waals surface area (Å²) in [5.74, 6) is 0.802. The number of nitrogens with zero attached hydrogens (tertiary/aromatic N) is 4. The van der Waals surface area contributed by atoms with Crippen molar-refractivity contribution in [2.24, 2.45) is 0 Å². The molecule has 2 rings (SSSR count). The third-order valence-corrected chi connectivity index (χ3v) is 2.93. The molecule has 0 aliphatic rings. The average Bonchev–Trinajstić information content (AvgIpc) is 2.83. The van der Waals surface area contributed by atoms with Gasteiger partial charge in [-0.2, -0.15) is 5.10 Å². The molecule has 21 heavy (non-hydrogen) atoms. The SMILES string of the molecule is CC(C)(C)NCc1ncnn1Cc1cccc([N+](=O)[O-])c1.